The topological polar surface area (TPSA) is 149 Å². The van der Waals surface area contributed by atoms with Crippen molar-refractivity contribution in [2.75, 3.05) is 26.4 Å². The van der Waals surface area contributed by atoms with Crippen molar-refractivity contribution in [3.63, 3.8) is 0 Å². The molecule has 0 fully saturated rings. The van der Waals surface area contributed by atoms with Crippen LogP contribution in [0, 0.1) is 5.92 Å². The van der Waals surface area contributed by atoms with Crippen molar-refractivity contribution in [3.05, 3.63) is 0 Å². The van der Waals surface area contributed by atoms with E-state index in [0.717, 1.165) is 38.5 Å². The van der Waals surface area contributed by atoms with E-state index >= 15 is 0 Å². The number of carbonyl (C=O) groups excluding carboxylic acids is 6. The maximum absolute atomic E-state index is 12.2. The van der Waals surface area contributed by atoms with Crippen molar-refractivity contribution in [3.8, 4) is 0 Å². The second kappa shape index (κ2) is 34.9. The first-order valence-corrected chi connectivity index (χ1v) is 18.7. The van der Waals surface area contributed by atoms with Crippen LogP contribution in [0.4, 0.5) is 0 Å². The predicted octanol–water partition coefficient (Wildman–Crippen LogP) is 8.16. The lowest BCUT2D eigenvalue weighted by atomic mass is 9.99. The predicted molar refractivity (Wildman–Crippen MR) is 189 cm³/mol. The molecule has 0 aromatic carbocycles. The molecule has 0 aromatic rings. The number of rotatable bonds is 30. The van der Waals surface area contributed by atoms with Gasteiger partial charge in [0.15, 0.2) is 6.10 Å². The molecule has 11 nitrogen and oxygen atoms in total. The van der Waals surface area contributed by atoms with Crippen molar-refractivity contribution >= 4 is 35.6 Å². The van der Waals surface area contributed by atoms with Crippen LogP contribution in [0.2, 0.25) is 0 Å². The van der Waals surface area contributed by atoms with E-state index in [1.165, 1.54) is 105 Å². The van der Waals surface area contributed by atoms with Gasteiger partial charge in [-0.2, -0.15) is 0 Å². The summed E-state index contributed by atoms with van der Waals surface area (Å²) in [6.07, 6.45) is 21.4. The van der Waals surface area contributed by atoms with Gasteiger partial charge < -0.3 is 23.7 Å². The Morgan fingerprint density at radius 2 is 0.755 bits per heavy atom. The Morgan fingerprint density at radius 1 is 0.408 bits per heavy atom. The standard InChI is InChI=1S/C19H34O6.C19H34O5/c1-4-5-6-7-8-9-10-11-12-13-19(22)24-15-18(25-17(3)21)14-23-16(2)20;1-4-5-6-7-8-9-10-11-12-13-19(22)18(14-23-16(2)20)15-24-17(3)21/h18H,4-15H2,1-3H3;18H,4-15H2,1-3H3. The molecule has 0 saturated carbocycles. The van der Waals surface area contributed by atoms with E-state index in [2.05, 4.69) is 13.8 Å². The number of esters is 5. The van der Waals surface area contributed by atoms with Gasteiger partial charge >= 0.3 is 29.8 Å². The van der Waals surface area contributed by atoms with Gasteiger partial charge in [0.05, 0.1) is 5.92 Å². The van der Waals surface area contributed by atoms with Gasteiger partial charge in [-0.1, -0.05) is 117 Å². The number of ketones is 1. The zero-order valence-corrected chi connectivity index (χ0v) is 31.6. The largest absolute Gasteiger partial charge is 0.465 e. The minimum Gasteiger partial charge on any atom is -0.465 e. The van der Waals surface area contributed by atoms with Crippen LogP contribution in [-0.2, 0) is 52.5 Å². The molecule has 0 N–H and O–H groups in total. The van der Waals surface area contributed by atoms with Crippen molar-refractivity contribution in [2.24, 2.45) is 5.92 Å². The molecule has 0 rings (SSSR count). The van der Waals surface area contributed by atoms with E-state index in [1.807, 2.05) is 0 Å². The van der Waals surface area contributed by atoms with Gasteiger partial charge in [-0.3, -0.25) is 28.8 Å². The quantitative estimate of drug-likeness (QED) is 0.0406. The van der Waals surface area contributed by atoms with Crippen LogP contribution in [-0.4, -0.2) is 68.2 Å². The Balaban J connectivity index is 0. The minimum absolute atomic E-state index is 0.000413. The highest BCUT2D eigenvalue weighted by atomic mass is 16.6. The molecule has 0 saturated heterocycles. The molecule has 1 unspecified atom stereocenters. The van der Waals surface area contributed by atoms with Crippen LogP contribution in [0.1, 0.15) is 170 Å². The highest BCUT2D eigenvalue weighted by Crippen LogP contribution is 2.14. The molecule has 49 heavy (non-hydrogen) atoms. The molecular formula is C38H68O11. The minimum atomic E-state index is -0.756. The Morgan fingerprint density at radius 3 is 1.14 bits per heavy atom. The zero-order valence-electron chi connectivity index (χ0n) is 31.6. The third-order valence-corrected chi connectivity index (χ3v) is 7.68. The van der Waals surface area contributed by atoms with Crippen LogP contribution in [0.15, 0.2) is 0 Å². The third-order valence-electron chi connectivity index (χ3n) is 7.68. The number of ether oxygens (including phenoxy) is 5. The number of hydrogen-bond donors (Lipinski definition) is 0. The van der Waals surface area contributed by atoms with E-state index in [9.17, 15) is 28.8 Å². The average Bonchev–Trinajstić information content (AvgIpc) is 3.04. The van der Waals surface area contributed by atoms with Crippen molar-refractivity contribution in [1.29, 1.82) is 0 Å². The number of Topliss-reactive ketones (excluding diaryl/α,β-unsaturated/α-hetero) is 1. The maximum atomic E-state index is 12.2. The first-order chi connectivity index (χ1) is 23.4. The van der Waals surface area contributed by atoms with E-state index in [0.29, 0.717) is 12.8 Å². The average molecular weight is 701 g/mol. The zero-order chi connectivity index (χ0) is 37.1. The van der Waals surface area contributed by atoms with E-state index in [1.54, 1.807) is 0 Å². The summed E-state index contributed by atoms with van der Waals surface area (Å²) >= 11 is 0. The molecule has 0 bridgehead atoms. The Kier molecular flexibility index (Phi) is 34.3. The Bertz CT molecular complexity index is 869. The molecule has 1 atom stereocenters. The molecule has 0 spiro atoms. The summed E-state index contributed by atoms with van der Waals surface area (Å²) in [6, 6.07) is 0. The van der Waals surface area contributed by atoms with Gasteiger partial charge in [-0.05, 0) is 12.8 Å². The number of hydrogen-bond acceptors (Lipinski definition) is 11. The van der Waals surface area contributed by atoms with Gasteiger partial charge in [-0.25, -0.2) is 0 Å². The van der Waals surface area contributed by atoms with Crippen LogP contribution >= 0.6 is 0 Å². The van der Waals surface area contributed by atoms with Crippen molar-refractivity contribution in [1.82, 2.24) is 0 Å². The van der Waals surface area contributed by atoms with Gasteiger partial charge in [0, 0.05) is 40.5 Å². The molecule has 0 aliphatic heterocycles. The van der Waals surface area contributed by atoms with Gasteiger partial charge in [-0.15, -0.1) is 0 Å². The monoisotopic (exact) mass is 700 g/mol. The summed E-state index contributed by atoms with van der Waals surface area (Å²) in [7, 11) is 0. The lowest BCUT2D eigenvalue weighted by Gasteiger charge is -2.16. The fraction of sp³-hybridized carbons (Fsp3) is 0.842. The van der Waals surface area contributed by atoms with Crippen molar-refractivity contribution < 1.29 is 52.5 Å². The summed E-state index contributed by atoms with van der Waals surface area (Å²) in [5.74, 6) is -2.71. The highest BCUT2D eigenvalue weighted by Gasteiger charge is 2.21. The van der Waals surface area contributed by atoms with Gasteiger partial charge in [0.1, 0.15) is 32.2 Å². The van der Waals surface area contributed by atoms with Gasteiger partial charge in [0.25, 0.3) is 0 Å². The molecule has 0 radical (unpaired) electrons. The SMILES string of the molecule is CCCCCCCCCCCC(=O)C(COC(C)=O)COC(C)=O.CCCCCCCCCCCC(=O)OCC(COC(C)=O)OC(C)=O. The summed E-state index contributed by atoms with van der Waals surface area (Å²) in [4.78, 5) is 67.5. The fourth-order valence-electron chi connectivity index (χ4n) is 4.88. The molecule has 0 aliphatic carbocycles. The molecule has 11 heteroatoms. The second-order valence-corrected chi connectivity index (χ2v) is 12.6. The fourth-order valence-corrected chi connectivity index (χ4v) is 4.88. The summed E-state index contributed by atoms with van der Waals surface area (Å²) in [6.45, 7) is 9.31. The van der Waals surface area contributed by atoms with Crippen LogP contribution in [0.3, 0.4) is 0 Å². The van der Waals surface area contributed by atoms with Crippen molar-refractivity contribution in [2.45, 2.75) is 176 Å². The Hall–Kier alpha value is -2.98. The molecular weight excluding hydrogens is 632 g/mol. The highest BCUT2D eigenvalue weighted by molar-refractivity contribution is 5.82. The summed E-state index contributed by atoms with van der Waals surface area (Å²) in [5, 5.41) is 0. The second-order valence-electron chi connectivity index (χ2n) is 12.6. The molecule has 0 aliphatic rings. The molecule has 0 aromatic heterocycles. The first-order valence-electron chi connectivity index (χ1n) is 18.7. The Labute approximate surface area is 296 Å². The first kappa shape index (κ1) is 48.1. The van der Waals surface area contributed by atoms with Gasteiger partial charge in [0.2, 0.25) is 0 Å². The lowest BCUT2D eigenvalue weighted by Crippen LogP contribution is -2.29. The van der Waals surface area contributed by atoms with E-state index in [-0.39, 0.29) is 38.2 Å². The van der Waals surface area contributed by atoms with E-state index < -0.39 is 35.9 Å². The maximum Gasteiger partial charge on any atom is 0.305 e. The lowest BCUT2D eigenvalue weighted by molar-refractivity contribution is -0.164. The summed E-state index contributed by atoms with van der Waals surface area (Å²) < 4.78 is 24.6. The normalized spacial score (nSPS) is 11.2. The molecule has 0 amide bonds. The smallest absolute Gasteiger partial charge is 0.305 e. The van der Waals surface area contributed by atoms with E-state index in [4.69, 9.17) is 23.7 Å². The molecule has 286 valence electrons. The number of carbonyl (C=O) groups is 6. The van der Waals surface area contributed by atoms with Crippen LogP contribution in [0.25, 0.3) is 0 Å². The third kappa shape index (κ3) is 37.7. The summed E-state index contributed by atoms with van der Waals surface area (Å²) in [5.41, 5.74) is 0. The number of unbranched alkanes of at least 4 members (excludes halogenated alkanes) is 16. The van der Waals surface area contributed by atoms with Crippen LogP contribution < -0.4 is 0 Å². The molecule has 0 heterocycles. The van der Waals surface area contributed by atoms with Crippen LogP contribution in [0.5, 0.6) is 0 Å².